The molecule has 4 rings (SSSR count). The van der Waals surface area contributed by atoms with Crippen LogP contribution in [0.3, 0.4) is 0 Å². The quantitative estimate of drug-likeness (QED) is 0.225. The van der Waals surface area contributed by atoms with Crippen LogP contribution in [-0.4, -0.2) is 21.1 Å². The van der Waals surface area contributed by atoms with Crippen LogP contribution >= 0.6 is 0 Å². The highest BCUT2D eigenvalue weighted by Gasteiger charge is 2.17. The second kappa shape index (κ2) is 8.81. The highest BCUT2D eigenvalue weighted by atomic mass is 16.6. The molecule has 0 radical (unpaired) electrons. The molecule has 1 unspecified atom stereocenters. The maximum atomic E-state index is 12.5. The molecule has 0 amide bonds. The maximum absolute atomic E-state index is 12.5. The minimum Gasteiger partial charge on any atom is -0.454 e. The molecular weight excluding hydrogens is 410 g/mol. The summed E-state index contributed by atoms with van der Waals surface area (Å²) in [6, 6.07) is 20.4. The van der Waals surface area contributed by atoms with Crippen LogP contribution in [0, 0.1) is 17.0 Å². The number of carbonyl (C=O) groups excluding carboxylic acids is 1. The molecule has 3 aromatic carbocycles. The van der Waals surface area contributed by atoms with Gasteiger partial charge in [-0.1, -0.05) is 29.8 Å². The normalized spacial score (nSPS) is 11.7. The van der Waals surface area contributed by atoms with E-state index in [0.717, 1.165) is 11.1 Å². The number of nitrogens with zero attached hydrogens (tertiary/aromatic N) is 3. The lowest BCUT2D eigenvalue weighted by Gasteiger charge is -2.13. The summed E-state index contributed by atoms with van der Waals surface area (Å²) < 4.78 is 11.2. The van der Waals surface area contributed by atoms with E-state index in [1.54, 1.807) is 43.3 Å². The van der Waals surface area contributed by atoms with Gasteiger partial charge in [-0.2, -0.15) is 0 Å². The van der Waals surface area contributed by atoms with E-state index < -0.39 is 17.0 Å². The second-order valence-electron chi connectivity index (χ2n) is 7.26. The zero-order chi connectivity index (χ0) is 22.7. The smallest absolute Gasteiger partial charge is 0.338 e. The number of esters is 1. The Kier molecular flexibility index (Phi) is 5.76. The highest BCUT2D eigenvalue weighted by Crippen LogP contribution is 2.26. The summed E-state index contributed by atoms with van der Waals surface area (Å²) in [5, 5.41) is 19.1. The van der Waals surface area contributed by atoms with Crippen molar-refractivity contribution in [3.63, 3.8) is 0 Å². The highest BCUT2D eigenvalue weighted by molar-refractivity contribution is 5.90. The fourth-order valence-electron chi connectivity index (χ4n) is 3.09. The largest absolute Gasteiger partial charge is 0.454 e. The van der Waals surface area contributed by atoms with Gasteiger partial charge in [0.2, 0.25) is 11.8 Å². The molecule has 1 atom stereocenters. The summed E-state index contributed by atoms with van der Waals surface area (Å²) >= 11 is 0. The molecule has 0 bridgehead atoms. The van der Waals surface area contributed by atoms with Crippen LogP contribution in [0.1, 0.15) is 34.5 Å². The molecule has 1 heterocycles. The molecular formula is C24H19N3O5. The van der Waals surface area contributed by atoms with Gasteiger partial charge in [-0.05, 0) is 55.8 Å². The van der Waals surface area contributed by atoms with Crippen molar-refractivity contribution >= 4 is 11.7 Å². The van der Waals surface area contributed by atoms with Crippen LogP contribution < -0.4 is 0 Å². The minimum absolute atomic E-state index is 0.0562. The Morgan fingerprint density at radius 2 is 1.56 bits per heavy atom. The average molecular weight is 429 g/mol. The van der Waals surface area contributed by atoms with E-state index in [1.165, 1.54) is 12.1 Å². The average Bonchev–Trinajstić information content (AvgIpc) is 3.30. The number of nitro benzene ring substituents is 1. The van der Waals surface area contributed by atoms with Gasteiger partial charge in [-0.15, -0.1) is 10.2 Å². The summed E-state index contributed by atoms with van der Waals surface area (Å²) in [6.07, 6.45) is -0.643. The zero-order valence-electron chi connectivity index (χ0n) is 17.4. The molecule has 0 aliphatic heterocycles. The number of ether oxygens (including phenoxy) is 1. The summed E-state index contributed by atoms with van der Waals surface area (Å²) in [5.74, 6) is 0.209. The first-order valence-electron chi connectivity index (χ1n) is 9.87. The van der Waals surface area contributed by atoms with Crippen LogP contribution in [0.4, 0.5) is 5.69 Å². The van der Waals surface area contributed by atoms with Crippen molar-refractivity contribution in [1.29, 1.82) is 0 Å². The van der Waals surface area contributed by atoms with Crippen LogP contribution in [0.25, 0.3) is 22.9 Å². The van der Waals surface area contributed by atoms with Gasteiger partial charge in [0, 0.05) is 23.3 Å². The first-order chi connectivity index (χ1) is 15.4. The Labute approximate surface area is 183 Å². The summed E-state index contributed by atoms with van der Waals surface area (Å²) in [6.45, 7) is 3.66. The third-order valence-electron chi connectivity index (χ3n) is 4.93. The van der Waals surface area contributed by atoms with Gasteiger partial charge in [0.15, 0.2) is 0 Å². The van der Waals surface area contributed by atoms with Gasteiger partial charge < -0.3 is 9.15 Å². The van der Waals surface area contributed by atoms with E-state index in [2.05, 4.69) is 10.2 Å². The molecule has 0 N–H and O–H groups in total. The van der Waals surface area contributed by atoms with Crippen LogP contribution in [-0.2, 0) is 4.74 Å². The van der Waals surface area contributed by atoms with Crippen molar-refractivity contribution in [2.24, 2.45) is 0 Å². The van der Waals surface area contributed by atoms with Crippen LogP contribution in [0.5, 0.6) is 0 Å². The molecule has 32 heavy (non-hydrogen) atoms. The fraction of sp³-hybridized carbons (Fsp3) is 0.125. The molecule has 0 saturated carbocycles. The number of aryl methyl sites for hydroxylation is 1. The molecule has 4 aromatic rings. The predicted octanol–water partition coefficient (Wildman–Crippen LogP) is 5.54. The molecule has 0 spiro atoms. The van der Waals surface area contributed by atoms with E-state index in [9.17, 15) is 14.9 Å². The van der Waals surface area contributed by atoms with Crippen molar-refractivity contribution in [2.75, 3.05) is 0 Å². The van der Waals surface area contributed by atoms with Crippen molar-refractivity contribution in [1.82, 2.24) is 10.2 Å². The Bertz CT molecular complexity index is 1260. The molecule has 0 aliphatic rings. The Hall–Kier alpha value is -4.33. The van der Waals surface area contributed by atoms with E-state index >= 15 is 0 Å². The topological polar surface area (TPSA) is 108 Å². The van der Waals surface area contributed by atoms with Crippen molar-refractivity contribution in [3.8, 4) is 22.9 Å². The summed E-state index contributed by atoms with van der Waals surface area (Å²) in [5.41, 5.74) is 3.45. The Balaban J connectivity index is 1.45. The summed E-state index contributed by atoms with van der Waals surface area (Å²) in [4.78, 5) is 23.0. The maximum Gasteiger partial charge on any atom is 0.338 e. The lowest BCUT2D eigenvalue weighted by Crippen LogP contribution is -2.09. The molecule has 8 heteroatoms. The first kappa shape index (κ1) is 20.9. The molecule has 1 aromatic heterocycles. The standard InChI is InChI=1S/C24H19N3O5/c1-15-6-8-17(9-7-15)22-25-26-23(32-22)18-10-12-19(13-11-18)24(28)31-16(2)20-4-3-5-21(14-20)27(29)30/h3-14,16H,1-2H3. The lowest BCUT2D eigenvalue weighted by atomic mass is 10.1. The third-order valence-corrected chi connectivity index (χ3v) is 4.93. The monoisotopic (exact) mass is 429 g/mol. The van der Waals surface area contributed by atoms with Gasteiger partial charge in [-0.25, -0.2) is 4.79 Å². The van der Waals surface area contributed by atoms with Gasteiger partial charge in [0.1, 0.15) is 6.10 Å². The van der Waals surface area contributed by atoms with Gasteiger partial charge in [0.25, 0.3) is 5.69 Å². The number of hydrogen-bond acceptors (Lipinski definition) is 7. The second-order valence-corrected chi connectivity index (χ2v) is 7.26. The Morgan fingerprint density at radius 3 is 2.16 bits per heavy atom. The van der Waals surface area contributed by atoms with Gasteiger partial charge in [0.05, 0.1) is 10.5 Å². The number of hydrogen-bond donors (Lipinski definition) is 0. The lowest BCUT2D eigenvalue weighted by molar-refractivity contribution is -0.385. The first-order valence-corrected chi connectivity index (χ1v) is 9.87. The SMILES string of the molecule is Cc1ccc(-c2nnc(-c3ccc(C(=O)OC(C)c4cccc([N+](=O)[O-])c4)cc3)o2)cc1. The predicted molar refractivity (Wildman–Crippen MR) is 117 cm³/mol. The fourth-order valence-corrected chi connectivity index (χ4v) is 3.09. The van der Waals surface area contributed by atoms with E-state index in [0.29, 0.717) is 28.5 Å². The number of carbonyl (C=O) groups is 1. The van der Waals surface area contributed by atoms with E-state index in [-0.39, 0.29) is 5.69 Å². The number of non-ortho nitro benzene ring substituents is 1. The zero-order valence-corrected chi connectivity index (χ0v) is 17.4. The van der Waals surface area contributed by atoms with Crippen molar-refractivity contribution in [2.45, 2.75) is 20.0 Å². The minimum atomic E-state index is -0.643. The molecule has 0 aliphatic carbocycles. The summed E-state index contributed by atoms with van der Waals surface area (Å²) in [7, 11) is 0. The number of rotatable bonds is 6. The molecule has 0 saturated heterocycles. The molecule has 160 valence electrons. The third kappa shape index (κ3) is 4.54. The van der Waals surface area contributed by atoms with Gasteiger partial charge in [-0.3, -0.25) is 10.1 Å². The van der Waals surface area contributed by atoms with Crippen molar-refractivity contribution < 1.29 is 18.9 Å². The van der Waals surface area contributed by atoms with Crippen molar-refractivity contribution in [3.05, 3.63) is 99.6 Å². The van der Waals surface area contributed by atoms with E-state index in [1.807, 2.05) is 31.2 Å². The molecule has 8 nitrogen and oxygen atoms in total. The molecule has 0 fully saturated rings. The van der Waals surface area contributed by atoms with Crippen LogP contribution in [0.15, 0.2) is 77.2 Å². The number of aromatic nitrogens is 2. The van der Waals surface area contributed by atoms with E-state index in [4.69, 9.17) is 9.15 Å². The number of benzene rings is 3. The Morgan fingerprint density at radius 1 is 0.969 bits per heavy atom. The van der Waals surface area contributed by atoms with Crippen LogP contribution in [0.2, 0.25) is 0 Å². The number of nitro groups is 1. The van der Waals surface area contributed by atoms with Gasteiger partial charge >= 0.3 is 5.97 Å².